The number of hydrogen-bond acceptors (Lipinski definition) is 8. The predicted octanol–water partition coefficient (Wildman–Crippen LogP) is 6.59. The van der Waals surface area contributed by atoms with E-state index in [4.69, 9.17) is 9.47 Å². The molecule has 0 spiro atoms. The van der Waals surface area contributed by atoms with E-state index in [-0.39, 0.29) is 23.3 Å². The molecule has 0 aliphatic heterocycles. The van der Waals surface area contributed by atoms with Gasteiger partial charge in [-0.05, 0) is 59.7 Å². The molecule has 0 aliphatic carbocycles. The van der Waals surface area contributed by atoms with E-state index in [0.717, 1.165) is 44.7 Å². The van der Waals surface area contributed by atoms with Crippen molar-refractivity contribution in [3.63, 3.8) is 0 Å². The first-order valence-electron chi connectivity index (χ1n) is 13.6. The van der Waals surface area contributed by atoms with Gasteiger partial charge in [-0.3, -0.25) is 9.59 Å². The standard InChI is InChI=1S/C32H28N6O4S2/c1-41-23-11-13-25-27(15-23)37-31(35-25)43-17-29(39)33-21-7-3-19(4-8-21)20-5-9-22(10-6-20)34-30(40)18-44-32-36-26-14-12-24(42-2)16-28(26)38-32/h3-16H,17-18H2,1-2H3,(H,33,39)(H,34,40)(H,35,37)(H,36,38). The van der Waals surface area contributed by atoms with Crippen molar-refractivity contribution < 1.29 is 19.1 Å². The summed E-state index contributed by atoms with van der Waals surface area (Å²) in [5.74, 6) is 1.68. The Morgan fingerprint density at radius 1 is 0.636 bits per heavy atom. The van der Waals surface area contributed by atoms with Crippen molar-refractivity contribution in [3.8, 4) is 22.6 Å². The Bertz CT molecular complexity index is 1800. The van der Waals surface area contributed by atoms with Gasteiger partial charge in [0.25, 0.3) is 0 Å². The highest BCUT2D eigenvalue weighted by Gasteiger charge is 2.11. The number of aromatic nitrogens is 4. The molecule has 0 radical (unpaired) electrons. The molecular weight excluding hydrogens is 597 g/mol. The van der Waals surface area contributed by atoms with Crippen LogP contribution >= 0.6 is 23.5 Å². The molecule has 0 saturated carbocycles. The van der Waals surface area contributed by atoms with Gasteiger partial charge in [0, 0.05) is 23.5 Å². The second kappa shape index (κ2) is 13.1. The number of fused-ring (bicyclic) bond motifs is 2. The van der Waals surface area contributed by atoms with Crippen LogP contribution in [0.15, 0.2) is 95.2 Å². The van der Waals surface area contributed by atoms with E-state index in [0.29, 0.717) is 21.7 Å². The summed E-state index contributed by atoms with van der Waals surface area (Å²) in [4.78, 5) is 40.5. The van der Waals surface area contributed by atoms with Gasteiger partial charge < -0.3 is 30.1 Å². The fourth-order valence-electron chi connectivity index (χ4n) is 4.48. The van der Waals surface area contributed by atoms with Crippen LogP contribution in [0.1, 0.15) is 0 Å². The minimum Gasteiger partial charge on any atom is -0.497 e. The van der Waals surface area contributed by atoms with Crippen molar-refractivity contribution in [3.05, 3.63) is 84.9 Å². The second-order valence-corrected chi connectivity index (χ2v) is 11.6. The molecule has 12 heteroatoms. The minimum absolute atomic E-state index is 0.125. The van der Waals surface area contributed by atoms with Gasteiger partial charge in [0.15, 0.2) is 10.3 Å². The third-order valence-electron chi connectivity index (χ3n) is 6.69. The zero-order valence-corrected chi connectivity index (χ0v) is 25.5. The molecule has 2 amide bonds. The number of hydrogen-bond donors (Lipinski definition) is 4. The van der Waals surface area contributed by atoms with Crippen LogP contribution in [0.25, 0.3) is 33.2 Å². The number of anilines is 2. The van der Waals surface area contributed by atoms with E-state index >= 15 is 0 Å². The molecule has 0 unspecified atom stereocenters. The number of carbonyl (C=O) groups is 2. The Hall–Kier alpha value is -4.94. The highest BCUT2D eigenvalue weighted by Crippen LogP contribution is 2.26. The van der Waals surface area contributed by atoms with Crippen LogP contribution in [0.3, 0.4) is 0 Å². The Labute approximate surface area is 261 Å². The van der Waals surface area contributed by atoms with Gasteiger partial charge in [-0.25, -0.2) is 9.97 Å². The number of aromatic amines is 2. The SMILES string of the molecule is COc1ccc2nc(SCC(=O)Nc3ccc(-c4ccc(NC(=O)CSc5nc6ccc(OC)cc6[nH]5)cc4)cc3)[nH]c2c1. The monoisotopic (exact) mass is 624 g/mol. The van der Waals surface area contributed by atoms with Gasteiger partial charge in [-0.2, -0.15) is 0 Å². The number of amides is 2. The predicted molar refractivity (Wildman–Crippen MR) is 176 cm³/mol. The van der Waals surface area contributed by atoms with E-state index in [2.05, 4.69) is 30.6 Å². The molecule has 6 aromatic rings. The highest BCUT2D eigenvalue weighted by molar-refractivity contribution is 8.00. The van der Waals surface area contributed by atoms with Crippen LogP contribution < -0.4 is 20.1 Å². The van der Waals surface area contributed by atoms with Crippen LogP contribution in [-0.2, 0) is 9.59 Å². The number of carbonyl (C=O) groups excluding carboxylic acids is 2. The summed E-state index contributed by atoms with van der Waals surface area (Å²) in [6.45, 7) is 0. The summed E-state index contributed by atoms with van der Waals surface area (Å²) >= 11 is 2.67. The van der Waals surface area contributed by atoms with Gasteiger partial charge in [0.05, 0.1) is 47.8 Å². The summed E-state index contributed by atoms with van der Waals surface area (Å²) in [5, 5.41) is 7.20. The van der Waals surface area contributed by atoms with Crippen LogP contribution in [0.2, 0.25) is 0 Å². The number of thioether (sulfide) groups is 2. The van der Waals surface area contributed by atoms with Gasteiger partial charge in [0.1, 0.15) is 11.5 Å². The molecule has 2 heterocycles. The molecule has 44 heavy (non-hydrogen) atoms. The molecule has 0 aliphatic rings. The number of methoxy groups -OCH3 is 2. The number of nitrogens with one attached hydrogen (secondary N) is 4. The van der Waals surface area contributed by atoms with E-state index in [9.17, 15) is 9.59 Å². The zero-order valence-electron chi connectivity index (χ0n) is 23.8. The summed E-state index contributed by atoms with van der Waals surface area (Å²) < 4.78 is 10.5. The molecular formula is C32H28N6O4S2. The normalized spacial score (nSPS) is 11.0. The topological polar surface area (TPSA) is 134 Å². The summed E-state index contributed by atoms with van der Waals surface area (Å²) in [6.07, 6.45) is 0. The lowest BCUT2D eigenvalue weighted by Gasteiger charge is -2.08. The number of benzene rings is 4. The fourth-order valence-corrected chi connectivity index (χ4v) is 5.85. The fraction of sp³-hybridized carbons (Fsp3) is 0.125. The van der Waals surface area contributed by atoms with Crippen molar-refractivity contribution in [2.45, 2.75) is 10.3 Å². The lowest BCUT2D eigenvalue weighted by atomic mass is 10.0. The van der Waals surface area contributed by atoms with Crippen LogP contribution in [-0.4, -0.2) is 57.5 Å². The Balaban J connectivity index is 0.974. The average Bonchev–Trinajstić information content (AvgIpc) is 3.66. The first-order chi connectivity index (χ1) is 21.4. The van der Waals surface area contributed by atoms with Gasteiger partial charge in [0.2, 0.25) is 11.8 Å². The van der Waals surface area contributed by atoms with Crippen LogP contribution in [0.4, 0.5) is 11.4 Å². The van der Waals surface area contributed by atoms with Crippen LogP contribution in [0.5, 0.6) is 11.5 Å². The molecule has 222 valence electrons. The Kier molecular flexibility index (Phi) is 8.71. The van der Waals surface area contributed by atoms with Crippen LogP contribution in [0, 0.1) is 0 Å². The largest absolute Gasteiger partial charge is 0.497 e. The number of ether oxygens (including phenoxy) is 2. The van der Waals surface area contributed by atoms with Crippen molar-refractivity contribution in [1.82, 2.24) is 19.9 Å². The third-order valence-corrected chi connectivity index (χ3v) is 8.43. The first kappa shape index (κ1) is 29.1. The molecule has 4 N–H and O–H groups in total. The molecule has 10 nitrogen and oxygen atoms in total. The summed E-state index contributed by atoms with van der Waals surface area (Å²) in [7, 11) is 3.24. The zero-order chi connectivity index (χ0) is 30.5. The quantitative estimate of drug-likeness (QED) is 0.119. The maximum absolute atomic E-state index is 12.5. The Morgan fingerprint density at radius 2 is 1.05 bits per heavy atom. The molecule has 2 aromatic heterocycles. The minimum atomic E-state index is -0.125. The maximum atomic E-state index is 12.5. The third kappa shape index (κ3) is 6.99. The molecule has 0 atom stereocenters. The average molecular weight is 625 g/mol. The van der Waals surface area contributed by atoms with Gasteiger partial charge in [-0.1, -0.05) is 47.8 Å². The number of H-pyrrole nitrogens is 2. The molecule has 0 fully saturated rings. The molecule has 6 rings (SSSR count). The number of imidazole rings is 2. The van der Waals surface area contributed by atoms with E-state index in [1.54, 1.807) is 14.2 Å². The van der Waals surface area contributed by atoms with E-state index in [1.165, 1.54) is 23.5 Å². The first-order valence-corrected chi connectivity index (χ1v) is 15.6. The lowest BCUT2D eigenvalue weighted by Crippen LogP contribution is -2.14. The number of rotatable bonds is 11. The van der Waals surface area contributed by atoms with Gasteiger partial charge in [-0.15, -0.1) is 0 Å². The van der Waals surface area contributed by atoms with E-state index < -0.39 is 0 Å². The smallest absolute Gasteiger partial charge is 0.234 e. The maximum Gasteiger partial charge on any atom is 0.234 e. The highest BCUT2D eigenvalue weighted by atomic mass is 32.2. The lowest BCUT2D eigenvalue weighted by molar-refractivity contribution is -0.114. The summed E-state index contributed by atoms with van der Waals surface area (Å²) in [6, 6.07) is 26.5. The summed E-state index contributed by atoms with van der Waals surface area (Å²) in [5.41, 5.74) is 6.75. The molecule has 0 saturated heterocycles. The van der Waals surface area contributed by atoms with Crippen molar-refractivity contribution in [2.75, 3.05) is 36.4 Å². The van der Waals surface area contributed by atoms with E-state index in [1.807, 2.05) is 84.9 Å². The second-order valence-electron chi connectivity index (χ2n) is 9.68. The Morgan fingerprint density at radius 3 is 1.43 bits per heavy atom. The van der Waals surface area contributed by atoms with Crippen molar-refractivity contribution in [1.29, 1.82) is 0 Å². The molecule has 0 bridgehead atoms. The van der Waals surface area contributed by atoms with Crippen molar-refractivity contribution >= 4 is 68.8 Å². The molecule has 4 aromatic carbocycles. The van der Waals surface area contributed by atoms with Gasteiger partial charge >= 0.3 is 0 Å². The van der Waals surface area contributed by atoms with Crippen molar-refractivity contribution in [2.24, 2.45) is 0 Å². The number of nitrogens with zero attached hydrogens (tertiary/aromatic N) is 2.